The highest BCUT2D eigenvalue weighted by Crippen LogP contribution is 2.43. The molecule has 0 aromatic heterocycles. The van der Waals surface area contributed by atoms with E-state index < -0.39 is 26.5 Å². The molecule has 0 radical (unpaired) electrons. The molecule has 0 bridgehead atoms. The lowest BCUT2D eigenvalue weighted by Gasteiger charge is -2.24. The Morgan fingerprint density at radius 3 is 1.25 bits per heavy atom. The van der Waals surface area contributed by atoms with Gasteiger partial charge in [-0.2, -0.15) is 0 Å². The monoisotopic (exact) mass is 873 g/mol. The smallest absolute Gasteiger partial charge is 0.462 e. The Kier molecular flexibility index (Phi) is 42.1. The number of unbranched alkanes of at least 4 members (excludes halogenated alkanes) is 31. The molecule has 0 fully saturated rings. The van der Waals surface area contributed by atoms with E-state index in [9.17, 15) is 19.0 Å². The zero-order valence-electron chi connectivity index (χ0n) is 40.2. The number of carbonyl (C=O) groups excluding carboxylic acids is 2. The van der Waals surface area contributed by atoms with Gasteiger partial charge in [-0.1, -0.05) is 206 Å². The van der Waals surface area contributed by atoms with Gasteiger partial charge in [0.25, 0.3) is 0 Å². The molecule has 0 aliphatic heterocycles. The number of allylic oxidation sites excluding steroid dienone is 2. The van der Waals surface area contributed by atoms with Gasteiger partial charge in [-0.25, -0.2) is 4.57 Å². The molecule has 0 saturated carbocycles. The van der Waals surface area contributed by atoms with E-state index in [4.69, 9.17) is 18.5 Å². The summed E-state index contributed by atoms with van der Waals surface area (Å²) in [5.41, 5.74) is 0. The molecule has 10 heteroatoms. The summed E-state index contributed by atoms with van der Waals surface area (Å²) < 4.78 is 34.4. The van der Waals surface area contributed by atoms with Crippen molar-refractivity contribution in [3.05, 3.63) is 12.2 Å². The molecule has 0 saturated heterocycles. The van der Waals surface area contributed by atoms with Crippen LogP contribution < -0.4 is 0 Å². The van der Waals surface area contributed by atoms with Crippen molar-refractivity contribution in [2.24, 2.45) is 0 Å². The molecule has 0 amide bonds. The fraction of sp³-hybridized carbons (Fsp3) is 0.920. The number of phosphoric ester groups is 1. The van der Waals surface area contributed by atoms with Gasteiger partial charge in [-0.3, -0.25) is 18.6 Å². The van der Waals surface area contributed by atoms with Crippen molar-refractivity contribution in [2.75, 3.05) is 47.5 Å². The van der Waals surface area contributed by atoms with E-state index in [2.05, 4.69) is 26.0 Å². The highest BCUT2D eigenvalue weighted by atomic mass is 31.2. The summed E-state index contributed by atoms with van der Waals surface area (Å²) in [4.78, 5) is 35.5. The Labute approximate surface area is 371 Å². The van der Waals surface area contributed by atoms with Crippen LogP contribution in [0.15, 0.2) is 12.2 Å². The highest BCUT2D eigenvalue weighted by Gasteiger charge is 2.27. The van der Waals surface area contributed by atoms with E-state index in [1.54, 1.807) is 0 Å². The van der Waals surface area contributed by atoms with Gasteiger partial charge in [-0.05, 0) is 38.5 Å². The number of nitrogens with zero attached hydrogens (tertiary/aromatic N) is 1. The van der Waals surface area contributed by atoms with Crippen LogP contribution in [0, 0.1) is 0 Å². The van der Waals surface area contributed by atoms with E-state index in [0.717, 1.165) is 44.9 Å². The first-order valence-electron chi connectivity index (χ1n) is 25.4. The van der Waals surface area contributed by atoms with Crippen molar-refractivity contribution in [3.8, 4) is 0 Å². The molecule has 1 N–H and O–H groups in total. The molecule has 60 heavy (non-hydrogen) atoms. The zero-order valence-corrected chi connectivity index (χ0v) is 41.1. The van der Waals surface area contributed by atoms with Gasteiger partial charge in [0.1, 0.15) is 19.8 Å². The summed E-state index contributed by atoms with van der Waals surface area (Å²) in [5.74, 6) is -0.803. The summed E-state index contributed by atoms with van der Waals surface area (Å²) in [6, 6.07) is 0. The van der Waals surface area contributed by atoms with Gasteiger partial charge in [0.05, 0.1) is 27.7 Å². The molecule has 0 aliphatic carbocycles. The van der Waals surface area contributed by atoms with Crippen LogP contribution in [-0.4, -0.2) is 74.9 Å². The average Bonchev–Trinajstić information content (AvgIpc) is 3.20. The largest absolute Gasteiger partial charge is 0.472 e. The van der Waals surface area contributed by atoms with Gasteiger partial charge < -0.3 is 18.9 Å². The molecule has 0 aromatic carbocycles. The van der Waals surface area contributed by atoms with Crippen LogP contribution >= 0.6 is 7.82 Å². The summed E-state index contributed by atoms with van der Waals surface area (Å²) in [5, 5.41) is 0. The van der Waals surface area contributed by atoms with E-state index in [1.807, 2.05) is 21.1 Å². The van der Waals surface area contributed by atoms with Gasteiger partial charge in [0.2, 0.25) is 0 Å². The SMILES string of the molecule is CCCCCCCC/C=C/CCCCCC(=O)O[C@@H](COC(=O)CCCCCCCCCCCCCCCCCCCCCCCCC)COP(=O)(O)OCC[N+](C)(C)C. The lowest BCUT2D eigenvalue weighted by atomic mass is 10.0. The molecule has 2 atom stereocenters. The van der Waals surface area contributed by atoms with Crippen LogP contribution in [0.1, 0.15) is 245 Å². The Bertz CT molecular complexity index is 1030. The maximum absolute atomic E-state index is 12.7. The predicted octanol–water partition coefficient (Wildman–Crippen LogP) is 14.9. The minimum atomic E-state index is -4.38. The van der Waals surface area contributed by atoms with Crippen LogP contribution in [0.25, 0.3) is 0 Å². The molecular weight excluding hydrogens is 774 g/mol. The third-order valence-corrected chi connectivity index (χ3v) is 12.3. The number of likely N-dealkylation sites (N-methyl/N-ethyl adjacent to an activating group) is 1. The minimum Gasteiger partial charge on any atom is -0.462 e. The summed E-state index contributed by atoms with van der Waals surface area (Å²) in [7, 11) is 1.48. The van der Waals surface area contributed by atoms with Crippen LogP contribution in [0.2, 0.25) is 0 Å². The number of ether oxygens (including phenoxy) is 2. The lowest BCUT2D eigenvalue weighted by molar-refractivity contribution is -0.870. The van der Waals surface area contributed by atoms with Crippen molar-refractivity contribution in [3.63, 3.8) is 0 Å². The predicted molar refractivity (Wildman–Crippen MR) is 252 cm³/mol. The van der Waals surface area contributed by atoms with E-state index in [-0.39, 0.29) is 25.6 Å². The second kappa shape index (κ2) is 43.0. The van der Waals surface area contributed by atoms with Crippen LogP contribution in [0.3, 0.4) is 0 Å². The van der Waals surface area contributed by atoms with Crippen molar-refractivity contribution >= 4 is 19.8 Å². The number of carbonyl (C=O) groups is 2. The standard InChI is InChI=1S/C50H98NO8P/c1-6-8-10-12-14-16-18-20-21-22-23-24-25-26-27-28-29-31-32-34-36-38-40-42-49(52)56-46-48(47-58-60(54,55)57-45-44-51(3,4)5)59-50(53)43-41-39-37-35-33-30-19-17-15-13-11-9-7-2/h30,33,48H,6-29,31-32,34-47H2,1-5H3/p+1/b33-30+/t48-/m0/s1. The molecule has 0 aromatic rings. The van der Waals surface area contributed by atoms with Crippen LogP contribution in [0.5, 0.6) is 0 Å². The molecule has 0 spiro atoms. The van der Waals surface area contributed by atoms with E-state index >= 15 is 0 Å². The first-order valence-corrected chi connectivity index (χ1v) is 26.9. The molecule has 1 unspecified atom stereocenters. The van der Waals surface area contributed by atoms with E-state index in [0.29, 0.717) is 23.9 Å². The van der Waals surface area contributed by atoms with E-state index in [1.165, 1.54) is 167 Å². The van der Waals surface area contributed by atoms with Gasteiger partial charge in [0.15, 0.2) is 6.10 Å². The number of phosphoric acid groups is 1. The average molecular weight is 873 g/mol. The summed E-state index contributed by atoms with van der Waals surface area (Å²) in [6.07, 6.45) is 47.0. The lowest BCUT2D eigenvalue weighted by Crippen LogP contribution is -2.37. The Morgan fingerprint density at radius 1 is 0.500 bits per heavy atom. The minimum absolute atomic E-state index is 0.0323. The first kappa shape index (κ1) is 58.8. The van der Waals surface area contributed by atoms with Gasteiger partial charge in [-0.15, -0.1) is 0 Å². The summed E-state index contributed by atoms with van der Waals surface area (Å²) >= 11 is 0. The summed E-state index contributed by atoms with van der Waals surface area (Å²) in [6.45, 7) is 4.44. The van der Waals surface area contributed by atoms with Crippen LogP contribution in [0.4, 0.5) is 0 Å². The fourth-order valence-corrected chi connectivity index (χ4v) is 8.05. The highest BCUT2D eigenvalue weighted by molar-refractivity contribution is 7.47. The van der Waals surface area contributed by atoms with Crippen molar-refractivity contribution in [1.82, 2.24) is 0 Å². The molecule has 0 rings (SSSR count). The second-order valence-corrected chi connectivity index (χ2v) is 20.0. The second-order valence-electron chi connectivity index (χ2n) is 18.6. The molecule has 0 aliphatic rings. The fourth-order valence-electron chi connectivity index (χ4n) is 7.31. The Morgan fingerprint density at radius 2 is 0.850 bits per heavy atom. The first-order chi connectivity index (χ1) is 29.0. The molecule has 9 nitrogen and oxygen atoms in total. The normalized spacial score (nSPS) is 13.5. The Balaban J connectivity index is 4.15. The van der Waals surface area contributed by atoms with Crippen molar-refractivity contribution in [1.29, 1.82) is 0 Å². The maximum atomic E-state index is 12.7. The molecule has 0 heterocycles. The van der Waals surface area contributed by atoms with Crippen LogP contribution in [-0.2, 0) is 32.7 Å². The third kappa shape index (κ3) is 46.3. The molecule has 356 valence electrons. The topological polar surface area (TPSA) is 108 Å². The number of hydrogen-bond donors (Lipinski definition) is 1. The number of hydrogen-bond acceptors (Lipinski definition) is 7. The quantitative estimate of drug-likeness (QED) is 0.0212. The van der Waals surface area contributed by atoms with Gasteiger partial charge >= 0.3 is 19.8 Å². The number of rotatable bonds is 47. The number of esters is 2. The zero-order chi connectivity index (χ0) is 44.3. The maximum Gasteiger partial charge on any atom is 0.472 e. The Hall–Kier alpha value is -1.25. The van der Waals surface area contributed by atoms with Gasteiger partial charge in [0, 0.05) is 12.8 Å². The number of quaternary nitrogens is 1. The third-order valence-electron chi connectivity index (χ3n) is 11.3. The molecular formula is C50H99NO8P+. The van der Waals surface area contributed by atoms with Crippen molar-refractivity contribution < 1.29 is 42.1 Å². The van der Waals surface area contributed by atoms with Crippen molar-refractivity contribution in [2.45, 2.75) is 251 Å².